The highest BCUT2D eigenvalue weighted by Crippen LogP contribution is 2.47. The molecule has 6 nitrogen and oxygen atoms in total. The first-order valence-electron chi connectivity index (χ1n) is 7.51. The highest BCUT2D eigenvalue weighted by Gasteiger charge is 2.41. The van der Waals surface area contributed by atoms with Gasteiger partial charge in [-0.05, 0) is 32.6 Å². The van der Waals surface area contributed by atoms with E-state index in [1.54, 1.807) is 6.92 Å². The van der Waals surface area contributed by atoms with E-state index in [1.807, 2.05) is 0 Å². The summed E-state index contributed by atoms with van der Waals surface area (Å²) >= 11 is 0. The molecule has 0 spiro atoms. The monoisotopic (exact) mass is 304 g/mol. The Hall–Kier alpha value is -0.420. The van der Waals surface area contributed by atoms with Crippen molar-refractivity contribution >= 4 is 13.5 Å². The summed E-state index contributed by atoms with van der Waals surface area (Å²) in [6, 6.07) is -0.0101. The molecule has 1 aliphatic heterocycles. The van der Waals surface area contributed by atoms with Gasteiger partial charge >= 0.3 is 7.60 Å². The second-order valence-corrected chi connectivity index (χ2v) is 7.74. The van der Waals surface area contributed by atoms with Gasteiger partial charge in [0.05, 0.1) is 6.04 Å². The fraction of sp³-hybridized carbons (Fsp3) is 0.923. The quantitative estimate of drug-likeness (QED) is 0.684. The first kappa shape index (κ1) is 16.0. The van der Waals surface area contributed by atoms with Crippen LogP contribution in [0.1, 0.15) is 51.9 Å². The van der Waals surface area contributed by atoms with E-state index in [0.717, 1.165) is 12.8 Å². The summed E-state index contributed by atoms with van der Waals surface area (Å²) in [5.41, 5.74) is 0. The molecule has 2 fully saturated rings. The Morgan fingerprint density at radius 3 is 2.45 bits per heavy atom. The van der Waals surface area contributed by atoms with Crippen LogP contribution >= 0.6 is 7.60 Å². The van der Waals surface area contributed by atoms with Crippen molar-refractivity contribution < 1.29 is 19.1 Å². The molecule has 0 aromatic heterocycles. The van der Waals surface area contributed by atoms with E-state index >= 15 is 0 Å². The minimum Gasteiger partial charge on any atom is -0.327 e. The molecular weight excluding hydrogens is 279 g/mol. The second kappa shape index (κ2) is 6.56. The molecule has 0 aromatic carbocycles. The summed E-state index contributed by atoms with van der Waals surface area (Å²) in [4.78, 5) is 32.4. The molecule has 116 valence electrons. The van der Waals surface area contributed by atoms with Gasteiger partial charge in [-0.3, -0.25) is 9.36 Å². The smallest absolute Gasteiger partial charge is 0.327 e. The molecule has 2 aliphatic rings. The lowest BCUT2D eigenvalue weighted by Crippen LogP contribution is -2.50. The molecule has 7 heteroatoms. The molecule has 0 unspecified atom stereocenters. The third kappa shape index (κ3) is 3.82. The van der Waals surface area contributed by atoms with E-state index in [0.29, 0.717) is 25.4 Å². The third-order valence-electron chi connectivity index (χ3n) is 4.35. The van der Waals surface area contributed by atoms with E-state index in [2.05, 4.69) is 5.32 Å². The Morgan fingerprint density at radius 2 is 1.85 bits per heavy atom. The highest BCUT2D eigenvalue weighted by molar-refractivity contribution is 7.52. The largest absolute Gasteiger partial charge is 0.347 e. The van der Waals surface area contributed by atoms with Gasteiger partial charge in [-0.25, -0.2) is 0 Å². The summed E-state index contributed by atoms with van der Waals surface area (Å²) in [7, 11) is -4.23. The van der Waals surface area contributed by atoms with Gasteiger partial charge in [0.25, 0.3) is 0 Å². The predicted octanol–water partition coefficient (Wildman–Crippen LogP) is 1.42. The topological polar surface area (TPSA) is 89.9 Å². The molecule has 2 atom stereocenters. The Kier molecular flexibility index (Phi) is 5.24. The van der Waals surface area contributed by atoms with Crippen LogP contribution in [0.3, 0.4) is 0 Å². The molecule has 1 aliphatic carbocycles. The maximum atomic E-state index is 12.4. The first-order valence-corrected chi connectivity index (χ1v) is 9.19. The summed E-state index contributed by atoms with van der Waals surface area (Å²) in [6.45, 7) is 2.25. The third-order valence-corrected chi connectivity index (χ3v) is 5.67. The Labute approximate surface area is 120 Å². The van der Waals surface area contributed by atoms with Crippen LogP contribution in [0, 0.1) is 0 Å². The number of nitrogens with zero attached hydrogens (tertiary/aromatic N) is 1. The highest BCUT2D eigenvalue weighted by atomic mass is 31.2. The van der Waals surface area contributed by atoms with Crippen LogP contribution in [-0.4, -0.2) is 45.0 Å². The molecule has 0 radical (unpaired) electrons. The molecule has 1 heterocycles. The van der Waals surface area contributed by atoms with E-state index in [-0.39, 0.29) is 11.9 Å². The number of carbonyl (C=O) groups excluding carboxylic acids is 1. The van der Waals surface area contributed by atoms with Gasteiger partial charge in [0.15, 0.2) is 0 Å². The summed E-state index contributed by atoms with van der Waals surface area (Å²) in [6.07, 6.45) is 6.86. The molecular formula is C13H25N2O4P. The van der Waals surface area contributed by atoms with Gasteiger partial charge in [0.2, 0.25) is 5.91 Å². The van der Waals surface area contributed by atoms with Crippen molar-refractivity contribution in [1.29, 1.82) is 0 Å². The van der Waals surface area contributed by atoms with Gasteiger partial charge in [0, 0.05) is 12.6 Å². The van der Waals surface area contributed by atoms with Crippen molar-refractivity contribution in [2.24, 2.45) is 0 Å². The molecule has 2 rings (SSSR count). The Morgan fingerprint density at radius 1 is 1.20 bits per heavy atom. The average molecular weight is 304 g/mol. The van der Waals surface area contributed by atoms with Crippen molar-refractivity contribution in [1.82, 2.24) is 10.2 Å². The maximum absolute atomic E-state index is 12.4. The van der Waals surface area contributed by atoms with Gasteiger partial charge in [-0.15, -0.1) is 0 Å². The molecule has 1 amide bonds. The maximum Gasteiger partial charge on any atom is 0.347 e. The lowest BCUT2D eigenvalue weighted by atomic mass is 9.95. The number of hydrogen-bond donors (Lipinski definition) is 3. The lowest BCUT2D eigenvalue weighted by Gasteiger charge is -2.31. The van der Waals surface area contributed by atoms with E-state index < -0.39 is 13.4 Å². The fourth-order valence-electron chi connectivity index (χ4n) is 3.30. The van der Waals surface area contributed by atoms with Crippen LogP contribution in [0.25, 0.3) is 0 Å². The van der Waals surface area contributed by atoms with Crippen LogP contribution < -0.4 is 5.32 Å². The molecule has 0 bridgehead atoms. The van der Waals surface area contributed by atoms with E-state index in [1.165, 1.54) is 24.2 Å². The number of amides is 1. The Bertz CT molecular complexity index is 392. The normalized spacial score (nSPS) is 26.8. The van der Waals surface area contributed by atoms with Gasteiger partial charge in [-0.2, -0.15) is 0 Å². The zero-order valence-electron chi connectivity index (χ0n) is 12.0. The average Bonchev–Trinajstić information content (AvgIpc) is 2.88. The van der Waals surface area contributed by atoms with Crippen LogP contribution in [0.5, 0.6) is 0 Å². The number of rotatable bonds is 4. The number of carbonyl (C=O) groups is 1. The summed E-state index contributed by atoms with van der Waals surface area (Å²) < 4.78 is 11.4. The molecule has 0 aromatic rings. The number of likely N-dealkylation sites (tertiary alicyclic amines) is 1. The standard InChI is InChI=1S/C13H25N2O4P/c1-10(14-11-6-3-2-4-7-11)13(16)15-9-5-8-12(15)20(17,18)19/h10-12,14H,2-9H2,1H3,(H2,17,18,19)/t10-,12-/m0/s1. The fourth-order valence-corrected chi connectivity index (χ4v) is 4.41. The van der Waals surface area contributed by atoms with Gasteiger partial charge < -0.3 is 20.0 Å². The van der Waals surface area contributed by atoms with Crippen LogP contribution in [0.15, 0.2) is 0 Å². The van der Waals surface area contributed by atoms with E-state index in [9.17, 15) is 19.1 Å². The van der Waals surface area contributed by atoms with Crippen molar-refractivity contribution in [2.45, 2.75) is 69.7 Å². The minimum atomic E-state index is -4.23. The zero-order chi connectivity index (χ0) is 14.8. The van der Waals surface area contributed by atoms with Crippen molar-refractivity contribution in [2.75, 3.05) is 6.54 Å². The SMILES string of the molecule is C[C@H](NC1CCCCC1)C(=O)N1CCC[C@@H]1P(=O)(O)O. The molecule has 20 heavy (non-hydrogen) atoms. The summed E-state index contributed by atoms with van der Waals surface area (Å²) in [5, 5.41) is 3.32. The van der Waals surface area contributed by atoms with Crippen LogP contribution in [0.4, 0.5) is 0 Å². The molecule has 3 N–H and O–H groups in total. The first-order chi connectivity index (χ1) is 9.39. The van der Waals surface area contributed by atoms with Crippen LogP contribution in [0.2, 0.25) is 0 Å². The Balaban J connectivity index is 1.93. The molecule has 1 saturated heterocycles. The van der Waals surface area contributed by atoms with Crippen molar-refractivity contribution in [3.05, 3.63) is 0 Å². The van der Waals surface area contributed by atoms with Crippen molar-refractivity contribution in [3.63, 3.8) is 0 Å². The van der Waals surface area contributed by atoms with E-state index in [4.69, 9.17) is 0 Å². The number of nitrogens with one attached hydrogen (secondary N) is 1. The minimum absolute atomic E-state index is 0.179. The van der Waals surface area contributed by atoms with Gasteiger partial charge in [-0.1, -0.05) is 19.3 Å². The van der Waals surface area contributed by atoms with Crippen molar-refractivity contribution in [3.8, 4) is 0 Å². The summed E-state index contributed by atoms with van der Waals surface area (Å²) in [5.74, 6) is -1.10. The second-order valence-electron chi connectivity index (χ2n) is 5.97. The number of hydrogen-bond acceptors (Lipinski definition) is 3. The lowest BCUT2D eigenvalue weighted by molar-refractivity contribution is -0.133. The van der Waals surface area contributed by atoms with Gasteiger partial charge in [0.1, 0.15) is 5.78 Å². The molecule has 1 saturated carbocycles. The van der Waals surface area contributed by atoms with Crippen LogP contribution in [-0.2, 0) is 9.36 Å². The predicted molar refractivity (Wildman–Crippen MR) is 76.2 cm³/mol. The zero-order valence-corrected chi connectivity index (χ0v) is 12.9.